The molecule has 0 bridgehead atoms. The third kappa shape index (κ3) is 3.45. The van der Waals surface area contributed by atoms with E-state index in [0.717, 1.165) is 22.9 Å². The molecule has 0 spiro atoms. The van der Waals surface area contributed by atoms with Crippen LogP contribution in [0.5, 0.6) is 5.75 Å². The van der Waals surface area contributed by atoms with Gasteiger partial charge in [0, 0.05) is 17.1 Å². The van der Waals surface area contributed by atoms with Crippen molar-refractivity contribution in [3.63, 3.8) is 0 Å². The second kappa shape index (κ2) is 6.16. The molecule has 3 rings (SSSR count). The molecule has 2 aromatic rings. The third-order valence-corrected chi connectivity index (χ3v) is 4.40. The first-order valence-electron chi connectivity index (χ1n) is 7.36. The van der Waals surface area contributed by atoms with Gasteiger partial charge in [-0.3, -0.25) is 9.59 Å². The summed E-state index contributed by atoms with van der Waals surface area (Å²) < 4.78 is 6.48. The molecule has 0 heterocycles. The second-order valence-electron chi connectivity index (χ2n) is 5.69. The molecule has 23 heavy (non-hydrogen) atoms. The molecule has 0 aromatic heterocycles. The van der Waals surface area contributed by atoms with Gasteiger partial charge in [-0.2, -0.15) is 0 Å². The van der Waals surface area contributed by atoms with E-state index in [0.29, 0.717) is 11.4 Å². The molecule has 1 saturated carbocycles. The molecular weight excluding hydrogens is 358 g/mol. The largest absolute Gasteiger partial charge is 0.426 e. The van der Waals surface area contributed by atoms with Crippen molar-refractivity contribution in [1.29, 1.82) is 0 Å². The van der Waals surface area contributed by atoms with Crippen LogP contribution in [0.1, 0.15) is 25.3 Å². The zero-order valence-corrected chi connectivity index (χ0v) is 14.2. The smallest absolute Gasteiger partial charge is 0.321 e. The number of nitrogens with one attached hydrogen (secondary N) is 1. The summed E-state index contributed by atoms with van der Waals surface area (Å²) in [6, 6.07) is 14.6. The molecule has 1 aliphatic rings. The van der Waals surface area contributed by atoms with Crippen molar-refractivity contribution >= 4 is 33.5 Å². The minimum Gasteiger partial charge on any atom is -0.426 e. The summed E-state index contributed by atoms with van der Waals surface area (Å²) >= 11 is 3.44. The van der Waals surface area contributed by atoms with E-state index in [2.05, 4.69) is 21.2 Å². The van der Waals surface area contributed by atoms with E-state index in [1.165, 1.54) is 6.92 Å². The van der Waals surface area contributed by atoms with Crippen molar-refractivity contribution < 1.29 is 14.3 Å². The molecule has 1 aliphatic carbocycles. The maximum Gasteiger partial charge on any atom is 0.321 e. The van der Waals surface area contributed by atoms with E-state index in [1.54, 1.807) is 24.3 Å². The standard InChI is InChI=1S/C18H16BrNO3/c1-12(21)20-15-5-7-16(8-6-15)23-17(22)18(9-10-18)13-3-2-4-14(19)11-13/h2-8,11H,9-10H2,1H3,(H,20,21). The molecular formula is C18H16BrNO3. The van der Waals surface area contributed by atoms with E-state index < -0.39 is 5.41 Å². The Bertz CT molecular complexity index is 751. The normalized spacial score (nSPS) is 14.9. The fourth-order valence-electron chi connectivity index (χ4n) is 2.54. The number of ether oxygens (including phenoxy) is 1. The summed E-state index contributed by atoms with van der Waals surface area (Å²) in [6.07, 6.45) is 1.60. The van der Waals surface area contributed by atoms with Crippen molar-refractivity contribution in [2.45, 2.75) is 25.2 Å². The van der Waals surface area contributed by atoms with Gasteiger partial charge in [0.25, 0.3) is 0 Å². The van der Waals surface area contributed by atoms with Crippen molar-refractivity contribution in [3.05, 3.63) is 58.6 Å². The van der Waals surface area contributed by atoms with Crippen LogP contribution in [0.2, 0.25) is 0 Å². The highest BCUT2D eigenvalue weighted by atomic mass is 79.9. The summed E-state index contributed by atoms with van der Waals surface area (Å²) in [5.41, 5.74) is 1.12. The highest BCUT2D eigenvalue weighted by Crippen LogP contribution is 2.49. The molecule has 1 amide bonds. The van der Waals surface area contributed by atoms with Gasteiger partial charge in [0.05, 0.1) is 5.41 Å². The molecule has 2 aromatic carbocycles. The van der Waals surface area contributed by atoms with Crippen LogP contribution in [0.15, 0.2) is 53.0 Å². The van der Waals surface area contributed by atoms with Crippen LogP contribution in [0, 0.1) is 0 Å². The minimum absolute atomic E-state index is 0.138. The van der Waals surface area contributed by atoms with Gasteiger partial charge in [-0.25, -0.2) is 0 Å². The predicted molar refractivity (Wildman–Crippen MR) is 91.4 cm³/mol. The quantitative estimate of drug-likeness (QED) is 0.649. The van der Waals surface area contributed by atoms with E-state index in [9.17, 15) is 9.59 Å². The summed E-state index contributed by atoms with van der Waals surface area (Å²) in [6.45, 7) is 1.45. The summed E-state index contributed by atoms with van der Waals surface area (Å²) in [7, 11) is 0. The average molecular weight is 374 g/mol. The van der Waals surface area contributed by atoms with Crippen LogP contribution >= 0.6 is 15.9 Å². The Kier molecular flexibility index (Phi) is 4.22. The highest BCUT2D eigenvalue weighted by Gasteiger charge is 2.53. The Hall–Kier alpha value is -2.14. The Morgan fingerprint density at radius 2 is 1.83 bits per heavy atom. The van der Waals surface area contributed by atoms with Crippen LogP contribution in [0.4, 0.5) is 5.69 Å². The first kappa shape index (κ1) is 15.7. The molecule has 4 nitrogen and oxygen atoms in total. The second-order valence-corrected chi connectivity index (χ2v) is 6.60. The van der Waals surface area contributed by atoms with E-state index in [1.807, 2.05) is 24.3 Å². The van der Waals surface area contributed by atoms with Crippen LogP contribution in [-0.2, 0) is 15.0 Å². The number of carbonyl (C=O) groups is 2. The number of hydrogen-bond acceptors (Lipinski definition) is 3. The van der Waals surface area contributed by atoms with Gasteiger partial charge in [0.15, 0.2) is 0 Å². The zero-order valence-electron chi connectivity index (χ0n) is 12.6. The van der Waals surface area contributed by atoms with Gasteiger partial charge in [0.2, 0.25) is 5.91 Å². The number of esters is 1. The molecule has 118 valence electrons. The number of benzene rings is 2. The number of rotatable bonds is 4. The van der Waals surface area contributed by atoms with Crippen LogP contribution < -0.4 is 10.1 Å². The van der Waals surface area contributed by atoms with Crippen molar-refractivity contribution in [1.82, 2.24) is 0 Å². The van der Waals surface area contributed by atoms with Crippen molar-refractivity contribution in [2.24, 2.45) is 0 Å². The molecule has 0 saturated heterocycles. The summed E-state index contributed by atoms with van der Waals surface area (Å²) in [4.78, 5) is 23.6. The van der Waals surface area contributed by atoms with Crippen molar-refractivity contribution in [3.8, 4) is 5.75 Å². The van der Waals surface area contributed by atoms with Gasteiger partial charge >= 0.3 is 5.97 Å². The Labute approximate surface area is 143 Å². The van der Waals surface area contributed by atoms with Crippen LogP contribution in [-0.4, -0.2) is 11.9 Å². The van der Waals surface area contributed by atoms with E-state index in [4.69, 9.17) is 4.74 Å². The van der Waals surface area contributed by atoms with Gasteiger partial charge in [0.1, 0.15) is 5.75 Å². The third-order valence-electron chi connectivity index (χ3n) is 3.90. The first-order valence-corrected chi connectivity index (χ1v) is 8.15. The molecule has 1 N–H and O–H groups in total. The maximum absolute atomic E-state index is 12.6. The SMILES string of the molecule is CC(=O)Nc1ccc(OC(=O)C2(c3cccc(Br)c3)CC2)cc1. The lowest BCUT2D eigenvalue weighted by atomic mass is 9.96. The molecule has 0 radical (unpaired) electrons. The monoisotopic (exact) mass is 373 g/mol. The maximum atomic E-state index is 12.6. The minimum atomic E-state index is -0.528. The predicted octanol–water partition coefficient (Wildman–Crippen LogP) is 4.04. The Morgan fingerprint density at radius 1 is 1.13 bits per heavy atom. The van der Waals surface area contributed by atoms with Crippen molar-refractivity contribution in [2.75, 3.05) is 5.32 Å². The molecule has 0 aliphatic heterocycles. The van der Waals surface area contributed by atoms with Gasteiger partial charge in [-0.1, -0.05) is 28.1 Å². The van der Waals surface area contributed by atoms with E-state index in [-0.39, 0.29) is 11.9 Å². The highest BCUT2D eigenvalue weighted by molar-refractivity contribution is 9.10. The lowest BCUT2D eigenvalue weighted by molar-refractivity contribution is -0.137. The fourth-order valence-corrected chi connectivity index (χ4v) is 2.94. The molecule has 5 heteroatoms. The molecule has 1 fully saturated rings. The summed E-state index contributed by atoms with van der Waals surface area (Å²) in [5, 5.41) is 2.68. The number of amides is 1. The number of hydrogen-bond donors (Lipinski definition) is 1. The Morgan fingerprint density at radius 3 is 2.39 bits per heavy atom. The van der Waals surface area contributed by atoms with Gasteiger partial charge in [-0.05, 0) is 54.8 Å². The topological polar surface area (TPSA) is 55.4 Å². The molecule has 0 unspecified atom stereocenters. The van der Waals surface area contributed by atoms with Crippen LogP contribution in [0.3, 0.4) is 0 Å². The zero-order chi connectivity index (χ0) is 16.4. The van der Waals surface area contributed by atoms with Gasteiger partial charge < -0.3 is 10.1 Å². The molecule has 0 atom stereocenters. The van der Waals surface area contributed by atoms with E-state index >= 15 is 0 Å². The first-order chi connectivity index (χ1) is 11.0. The summed E-state index contributed by atoms with van der Waals surface area (Å²) in [5.74, 6) is 0.106. The Balaban J connectivity index is 1.73. The van der Waals surface area contributed by atoms with Gasteiger partial charge in [-0.15, -0.1) is 0 Å². The number of anilines is 1. The number of carbonyl (C=O) groups excluding carboxylic acids is 2. The average Bonchev–Trinajstić information content (AvgIpc) is 3.30. The lowest BCUT2D eigenvalue weighted by Crippen LogP contribution is -2.25. The number of halogens is 1. The van der Waals surface area contributed by atoms with Crippen LogP contribution in [0.25, 0.3) is 0 Å². The fraction of sp³-hybridized carbons (Fsp3) is 0.222. The lowest BCUT2D eigenvalue weighted by Gasteiger charge is -2.15.